The third-order valence-electron chi connectivity index (χ3n) is 3.07. The molecule has 0 saturated carbocycles. The fourth-order valence-corrected chi connectivity index (χ4v) is 2.51. The molecule has 0 spiro atoms. The van der Waals surface area contributed by atoms with Gasteiger partial charge in [-0.15, -0.1) is 0 Å². The maximum absolute atomic E-state index is 12.1. The summed E-state index contributed by atoms with van der Waals surface area (Å²) >= 11 is 2.12. The third-order valence-corrected chi connectivity index (χ3v) is 3.96. The number of esters is 1. The molecule has 1 saturated heterocycles. The van der Waals surface area contributed by atoms with Crippen LogP contribution in [0.4, 0.5) is 0 Å². The second-order valence-electron chi connectivity index (χ2n) is 4.55. The zero-order valence-electron chi connectivity index (χ0n) is 11.1. The molecule has 1 aliphatic heterocycles. The Morgan fingerprint density at radius 3 is 2.57 bits per heavy atom. The van der Waals surface area contributed by atoms with E-state index in [1.54, 1.807) is 6.07 Å². The van der Waals surface area contributed by atoms with Crippen molar-refractivity contribution in [3.05, 3.63) is 63.7 Å². The van der Waals surface area contributed by atoms with Crippen LogP contribution >= 0.6 is 22.6 Å². The van der Waals surface area contributed by atoms with E-state index in [9.17, 15) is 4.79 Å². The molecule has 1 fully saturated rings. The van der Waals surface area contributed by atoms with Crippen LogP contribution in [0.3, 0.4) is 0 Å². The Morgan fingerprint density at radius 1 is 1.10 bits per heavy atom. The van der Waals surface area contributed by atoms with E-state index in [0.29, 0.717) is 5.75 Å². The number of ether oxygens (including phenoxy) is 3. The molecule has 4 nitrogen and oxygen atoms in total. The van der Waals surface area contributed by atoms with Gasteiger partial charge in [-0.3, -0.25) is 0 Å². The number of hydrogen-bond acceptors (Lipinski definition) is 4. The van der Waals surface area contributed by atoms with E-state index >= 15 is 0 Å². The van der Waals surface area contributed by atoms with E-state index in [1.165, 1.54) is 0 Å². The molecular weight excluding hydrogens is 383 g/mol. The van der Waals surface area contributed by atoms with Gasteiger partial charge in [-0.2, -0.15) is 0 Å². The fourth-order valence-electron chi connectivity index (χ4n) is 2.01. The van der Waals surface area contributed by atoms with Gasteiger partial charge in [-0.1, -0.05) is 42.5 Å². The molecule has 108 valence electrons. The molecule has 2 atom stereocenters. The predicted octanol–water partition coefficient (Wildman–Crippen LogP) is 3.31. The largest absolute Gasteiger partial charge is 0.423 e. The summed E-state index contributed by atoms with van der Waals surface area (Å²) in [5.74, 6) is 0.104. The highest BCUT2D eigenvalue weighted by Crippen LogP contribution is 2.28. The molecule has 0 aliphatic carbocycles. The molecule has 1 aliphatic rings. The van der Waals surface area contributed by atoms with Gasteiger partial charge in [0.1, 0.15) is 5.75 Å². The molecule has 0 radical (unpaired) electrons. The highest BCUT2D eigenvalue weighted by Gasteiger charge is 2.34. The van der Waals surface area contributed by atoms with Crippen molar-refractivity contribution >= 4 is 28.6 Å². The Hall–Kier alpha value is -1.44. The van der Waals surface area contributed by atoms with Crippen LogP contribution in [0.5, 0.6) is 5.75 Å². The summed E-state index contributed by atoms with van der Waals surface area (Å²) in [5.41, 5.74) is 0.891. The van der Waals surface area contributed by atoms with E-state index in [0.717, 1.165) is 9.13 Å². The van der Waals surface area contributed by atoms with Crippen molar-refractivity contribution in [1.29, 1.82) is 0 Å². The van der Waals surface area contributed by atoms with Gasteiger partial charge in [-0.05, 0) is 34.7 Å². The third kappa shape index (κ3) is 3.42. The predicted molar refractivity (Wildman–Crippen MR) is 84.8 cm³/mol. The zero-order chi connectivity index (χ0) is 14.7. The Morgan fingerprint density at radius 2 is 1.81 bits per heavy atom. The number of rotatable bonds is 3. The van der Waals surface area contributed by atoms with Crippen LogP contribution in [-0.4, -0.2) is 18.7 Å². The van der Waals surface area contributed by atoms with Crippen molar-refractivity contribution in [2.24, 2.45) is 0 Å². The first kappa shape index (κ1) is 14.5. The lowest BCUT2D eigenvalue weighted by Gasteiger charge is -2.12. The molecule has 0 aromatic heterocycles. The van der Waals surface area contributed by atoms with Crippen LogP contribution in [0.1, 0.15) is 11.9 Å². The second-order valence-corrected chi connectivity index (χ2v) is 5.71. The van der Waals surface area contributed by atoms with Crippen molar-refractivity contribution in [1.82, 2.24) is 0 Å². The zero-order valence-corrected chi connectivity index (χ0v) is 13.2. The van der Waals surface area contributed by atoms with Gasteiger partial charge >= 0.3 is 5.97 Å². The van der Waals surface area contributed by atoms with Gasteiger partial charge in [0.25, 0.3) is 0 Å². The van der Waals surface area contributed by atoms with Crippen LogP contribution in [-0.2, 0) is 14.3 Å². The lowest BCUT2D eigenvalue weighted by atomic mass is 10.2. The Kier molecular flexibility index (Phi) is 4.52. The molecule has 0 bridgehead atoms. The maximum atomic E-state index is 12.1. The molecular formula is C16H13IO4. The molecule has 2 aromatic carbocycles. The van der Waals surface area contributed by atoms with Crippen molar-refractivity contribution in [3.8, 4) is 5.75 Å². The summed E-state index contributed by atoms with van der Waals surface area (Å²) in [6, 6.07) is 16.9. The molecule has 3 rings (SSSR count). The number of hydrogen-bond donors (Lipinski definition) is 0. The van der Waals surface area contributed by atoms with E-state index in [4.69, 9.17) is 14.2 Å². The van der Waals surface area contributed by atoms with Crippen molar-refractivity contribution in [2.45, 2.75) is 12.4 Å². The summed E-state index contributed by atoms with van der Waals surface area (Å²) in [4.78, 5) is 12.1. The quantitative estimate of drug-likeness (QED) is 0.454. The number of para-hydroxylation sites is 1. The van der Waals surface area contributed by atoms with Gasteiger partial charge in [0, 0.05) is 5.56 Å². The molecule has 2 aromatic rings. The highest BCUT2D eigenvalue weighted by molar-refractivity contribution is 14.1. The average molecular weight is 396 g/mol. The van der Waals surface area contributed by atoms with Gasteiger partial charge in [0.05, 0.1) is 10.2 Å². The number of carbonyl (C=O) groups is 1. The number of halogens is 1. The Bertz CT molecular complexity index is 629. The highest BCUT2D eigenvalue weighted by atomic mass is 127. The van der Waals surface area contributed by atoms with Crippen LogP contribution in [0, 0.1) is 3.57 Å². The number of benzene rings is 2. The van der Waals surface area contributed by atoms with Gasteiger partial charge < -0.3 is 14.2 Å². The molecule has 5 heteroatoms. The van der Waals surface area contributed by atoms with Gasteiger partial charge in [0.2, 0.25) is 0 Å². The summed E-state index contributed by atoms with van der Waals surface area (Å²) < 4.78 is 17.4. The second kappa shape index (κ2) is 6.55. The topological polar surface area (TPSA) is 44.8 Å². The van der Waals surface area contributed by atoms with Crippen LogP contribution < -0.4 is 4.74 Å². The summed E-state index contributed by atoms with van der Waals surface area (Å²) in [6.45, 7) is 0.196. The lowest BCUT2D eigenvalue weighted by molar-refractivity contribution is -0.148. The first-order chi connectivity index (χ1) is 10.2. The van der Waals surface area contributed by atoms with E-state index in [1.807, 2.05) is 48.5 Å². The minimum absolute atomic E-state index is 0.196. The molecule has 1 heterocycles. The summed E-state index contributed by atoms with van der Waals surface area (Å²) in [5, 5.41) is 0. The smallest absolute Gasteiger partial charge is 0.343 e. The van der Waals surface area contributed by atoms with E-state index < -0.39 is 18.4 Å². The summed E-state index contributed by atoms with van der Waals surface area (Å²) in [6.07, 6.45) is -1.22. The molecule has 0 amide bonds. The van der Waals surface area contributed by atoms with Crippen molar-refractivity contribution in [3.63, 3.8) is 0 Å². The standard InChI is InChI=1S/C16H13IO4/c17-12-8-4-5-9-13(12)20-15(18)14-10-19-16(21-14)11-6-2-1-3-7-11/h1-9,14,16H,10H2. The van der Waals surface area contributed by atoms with Crippen molar-refractivity contribution < 1.29 is 19.0 Å². The van der Waals surface area contributed by atoms with Crippen LogP contribution in [0.25, 0.3) is 0 Å². The van der Waals surface area contributed by atoms with E-state index in [2.05, 4.69) is 22.6 Å². The Balaban J connectivity index is 1.64. The van der Waals surface area contributed by atoms with E-state index in [-0.39, 0.29) is 6.61 Å². The fraction of sp³-hybridized carbons (Fsp3) is 0.188. The number of carbonyl (C=O) groups excluding carboxylic acids is 1. The van der Waals surface area contributed by atoms with Crippen LogP contribution in [0.15, 0.2) is 54.6 Å². The first-order valence-corrected chi connectivity index (χ1v) is 7.60. The molecule has 0 N–H and O–H groups in total. The first-order valence-electron chi connectivity index (χ1n) is 6.52. The minimum atomic E-state index is -0.703. The SMILES string of the molecule is O=C(Oc1ccccc1I)C1COC(c2ccccc2)O1. The summed E-state index contributed by atoms with van der Waals surface area (Å²) in [7, 11) is 0. The van der Waals surface area contributed by atoms with Crippen molar-refractivity contribution in [2.75, 3.05) is 6.61 Å². The Labute approximate surface area is 136 Å². The van der Waals surface area contributed by atoms with Gasteiger partial charge in [-0.25, -0.2) is 4.79 Å². The van der Waals surface area contributed by atoms with Crippen LogP contribution in [0.2, 0.25) is 0 Å². The minimum Gasteiger partial charge on any atom is -0.423 e. The monoisotopic (exact) mass is 396 g/mol. The lowest BCUT2D eigenvalue weighted by Crippen LogP contribution is -2.28. The average Bonchev–Trinajstić information content (AvgIpc) is 3.00. The van der Waals surface area contributed by atoms with Gasteiger partial charge in [0.15, 0.2) is 12.4 Å². The normalized spacial score (nSPS) is 21.2. The molecule has 2 unspecified atom stereocenters. The molecule has 21 heavy (non-hydrogen) atoms. The maximum Gasteiger partial charge on any atom is 0.343 e.